The number of hydrogen-bond acceptors (Lipinski definition) is 7. The first-order chi connectivity index (χ1) is 12.6. The van der Waals surface area contributed by atoms with E-state index in [1.165, 1.54) is 17.8 Å². The fourth-order valence-corrected chi connectivity index (χ4v) is 3.08. The van der Waals surface area contributed by atoms with Gasteiger partial charge >= 0.3 is 0 Å². The van der Waals surface area contributed by atoms with Crippen molar-refractivity contribution in [3.8, 4) is 6.07 Å². The van der Waals surface area contributed by atoms with Gasteiger partial charge in [-0.1, -0.05) is 23.4 Å². The molecule has 1 unspecified atom stereocenters. The van der Waals surface area contributed by atoms with E-state index < -0.39 is 5.25 Å². The molecule has 3 aromatic rings. The standard InChI is InChI=1S/C16H13ClN6O2S/c1-10(15(24)19-12-5-4-11(8-18)14(17)7-12)26-16-20-21-22-23(16)9-13-3-2-6-25-13/h2-7,10H,9H2,1H3,(H,19,24). The summed E-state index contributed by atoms with van der Waals surface area (Å²) >= 11 is 7.20. The van der Waals surface area contributed by atoms with Crippen molar-refractivity contribution in [3.63, 3.8) is 0 Å². The maximum Gasteiger partial charge on any atom is 0.237 e. The van der Waals surface area contributed by atoms with Crippen LogP contribution >= 0.6 is 23.4 Å². The van der Waals surface area contributed by atoms with Gasteiger partial charge in [0.25, 0.3) is 0 Å². The Morgan fingerprint density at radius 2 is 2.35 bits per heavy atom. The Kier molecular flexibility index (Phi) is 5.55. The zero-order valence-corrected chi connectivity index (χ0v) is 15.2. The Bertz CT molecular complexity index is 950. The molecule has 0 saturated heterocycles. The topological polar surface area (TPSA) is 110 Å². The highest BCUT2D eigenvalue weighted by Crippen LogP contribution is 2.24. The molecule has 26 heavy (non-hydrogen) atoms. The molecule has 132 valence electrons. The minimum atomic E-state index is -0.453. The minimum Gasteiger partial charge on any atom is -0.467 e. The number of anilines is 1. The third-order valence-electron chi connectivity index (χ3n) is 3.39. The lowest BCUT2D eigenvalue weighted by atomic mass is 10.2. The van der Waals surface area contributed by atoms with Gasteiger partial charge in [-0.15, -0.1) is 5.10 Å². The highest BCUT2D eigenvalue weighted by Gasteiger charge is 2.19. The van der Waals surface area contributed by atoms with Gasteiger partial charge in [0.2, 0.25) is 11.1 Å². The van der Waals surface area contributed by atoms with Gasteiger partial charge in [0.1, 0.15) is 18.4 Å². The molecule has 0 bridgehead atoms. The largest absolute Gasteiger partial charge is 0.467 e. The molecule has 0 spiro atoms. The molecule has 0 fully saturated rings. The third kappa shape index (κ3) is 4.22. The zero-order valence-electron chi connectivity index (χ0n) is 13.6. The number of rotatable bonds is 6. The van der Waals surface area contributed by atoms with Crippen molar-refractivity contribution >= 4 is 35.0 Å². The molecule has 1 amide bonds. The van der Waals surface area contributed by atoms with Crippen LogP contribution in [-0.4, -0.2) is 31.4 Å². The molecule has 0 aliphatic carbocycles. The van der Waals surface area contributed by atoms with Crippen molar-refractivity contribution in [1.29, 1.82) is 5.26 Å². The predicted octanol–water partition coefficient (Wildman–Crippen LogP) is 2.96. The number of amides is 1. The fourth-order valence-electron chi connectivity index (χ4n) is 2.07. The Labute approximate surface area is 158 Å². The average Bonchev–Trinajstić information content (AvgIpc) is 3.28. The number of furan rings is 1. The van der Waals surface area contributed by atoms with Crippen molar-refractivity contribution in [2.75, 3.05) is 5.32 Å². The fraction of sp³-hybridized carbons (Fsp3) is 0.188. The number of nitrogens with zero attached hydrogens (tertiary/aromatic N) is 5. The number of thioether (sulfide) groups is 1. The summed E-state index contributed by atoms with van der Waals surface area (Å²) < 4.78 is 6.84. The first-order valence-corrected chi connectivity index (χ1v) is 8.78. The summed E-state index contributed by atoms with van der Waals surface area (Å²) in [5.41, 5.74) is 0.866. The molecule has 3 rings (SSSR count). The Morgan fingerprint density at radius 1 is 1.50 bits per heavy atom. The number of nitriles is 1. The number of carbonyl (C=O) groups is 1. The predicted molar refractivity (Wildman–Crippen MR) is 95.7 cm³/mol. The van der Waals surface area contributed by atoms with Crippen LogP contribution in [0.2, 0.25) is 5.02 Å². The Hall–Kier alpha value is -2.83. The van der Waals surface area contributed by atoms with Crippen molar-refractivity contribution in [2.24, 2.45) is 0 Å². The van der Waals surface area contributed by atoms with Crippen molar-refractivity contribution in [3.05, 3.63) is 52.9 Å². The van der Waals surface area contributed by atoms with Gasteiger partial charge < -0.3 is 9.73 Å². The van der Waals surface area contributed by atoms with Crippen LogP contribution in [0.25, 0.3) is 0 Å². The third-order valence-corrected chi connectivity index (χ3v) is 4.78. The van der Waals surface area contributed by atoms with Crippen LogP contribution in [0.1, 0.15) is 18.2 Å². The van der Waals surface area contributed by atoms with E-state index in [0.29, 0.717) is 28.7 Å². The number of carbonyl (C=O) groups excluding carboxylic acids is 1. The highest BCUT2D eigenvalue weighted by molar-refractivity contribution is 8.00. The highest BCUT2D eigenvalue weighted by atomic mass is 35.5. The summed E-state index contributed by atoms with van der Waals surface area (Å²) in [6, 6.07) is 10.3. The second-order valence-electron chi connectivity index (χ2n) is 5.25. The summed E-state index contributed by atoms with van der Waals surface area (Å²) in [6.07, 6.45) is 1.57. The molecule has 1 atom stereocenters. The normalized spacial score (nSPS) is 11.7. The molecule has 1 aromatic carbocycles. The van der Waals surface area contributed by atoms with Gasteiger partial charge in [-0.3, -0.25) is 4.79 Å². The average molecular weight is 389 g/mol. The van der Waals surface area contributed by atoms with Crippen LogP contribution in [0.5, 0.6) is 0 Å². The molecule has 0 radical (unpaired) electrons. The monoisotopic (exact) mass is 388 g/mol. The molecule has 0 aliphatic rings. The number of tetrazole rings is 1. The molecule has 0 aliphatic heterocycles. The van der Waals surface area contributed by atoms with E-state index in [0.717, 1.165) is 0 Å². The smallest absolute Gasteiger partial charge is 0.237 e. The van der Waals surface area contributed by atoms with Crippen LogP contribution in [0, 0.1) is 11.3 Å². The maximum atomic E-state index is 12.4. The molecule has 1 N–H and O–H groups in total. The van der Waals surface area contributed by atoms with Crippen molar-refractivity contribution in [1.82, 2.24) is 20.2 Å². The molecular weight excluding hydrogens is 376 g/mol. The summed E-state index contributed by atoms with van der Waals surface area (Å²) in [6.45, 7) is 2.12. The lowest BCUT2D eigenvalue weighted by Gasteiger charge is -2.12. The maximum absolute atomic E-state index is 12.4. The van der Waals surface area contributed by atoms with Crippen LogP contribution in [0.15, 0.2) is 46.2 Å². The molecule has 2 aromatic heterocycles. The van der Waals surface area contributed by atoms with Crippen LogP contribution in [0.3, 0.4) is 0 Å². The van der Waals surface area contributed by atoms with Crippen LogP contribution in [0.4, 0.5) is 5.69 Å². The van der Waals surface area contributed by atoms with Crippen molar-refractivity contribution in [2.45, 2.75) is 23.9 Å². The van der Waals surface area contributed by atoms with E-state index in [1.807, 2.05) is 12.1 Å². The quantitative estimate of drug-likeness (QED) is 0.646. The number of aromatic nitrogens is 4. The number of halogens is 1. The summed E-state index contributed by atoms with van der Waals surface area (Å²) in [5.74, 6) is 0.479. The number of nitrogens with one attached hydrogen (secondary N) is 1. The molecular formula is C16H13ClN6O2S. The lowest BCUT2D eigenvalue weighted by Crippen LogP contribution is -2.23. The van der Waals surface area contributed by atoms with E-state index in [9.17, 15) is 4.79 Å². The first kappa shape index (κ1) is 18.0. The lowest BCUT2D eigenvalue weighted by molar-refractivity contribution is -0.115. The van der Waals surface area contributed by atoms with E-state index in [2.05, 4.69) is 20.8 Å². The molecule has 0 saturated carbocycles. The first-order valence-electron chi connectivity index (χ1n) is 7.52. The second kappa shape index (κ2) is 8.03. The van der Waals surface area contributed by atoms with E-state index >= 15 is 0 Å². The molecule has 8 nitrogen and oxygen atoms in total. The Balaban J connectivity index is 1.64. The second-order valence-corrected chi connectivity index (χ2v) is 6.97. The zero-order chi connectivity index (χ0) is 18.5. The van der Waals surface area contributed by atoms with Gasteiger partial charge in [-0.2, -0.15) is 5.26 Å². The van der Waals surface area contributed by atoms with Gasteiger partial charge in [-0.25, -0.2) is 4.68 Å². The van der Waals surface area contributed by atoms with E-state index in [1.54, 1.807) is 36.1 Å². The number of hydrogen-bond donors (Lipinski definition) is 1. The molecule has 10 heteroatoms. The van der Waals surface area contributed by atoms with Crippen LogP contribution < -0.4 is 5.32 Å². The van der Waals surface area contributed by atoms with Gasteiger partial charge in [0.05, 0.1) is 22.1 Å². The summed E-state index contributed by atoms with van der Waals surface area (Å²) in [7, 11) is 0. The summed E-state index contributed by atoms with van der Waals surface area (Å²) in [5, 5.41) is 23.5. The molecule has 2 heterocycles. The van der Waals surface area contributed by atoms with Crippen LogP contribution in [-0.2, 0) is 11.3 Å². The summed E-state index contributed by atoms with van der Waals surface area (Å²) in [4.78, 5) is 12.4. The minimum absolute atomic E-state index is 0.233. The Morgan fingerprint density at radius 3 is 3.04 bits per heavy atom. The van der Waals surface area contributed by atoms with E-state index in [4.69, 9.17) is 21.3 Å². The van der Waals surface area contributed by atoms with Gasteiger partial charge in [0, 0.05) is 5.69 Å². The van der Waals surface area contributed by atoms with Gasteiger partial charge in [0.15, 0.2) is 0 Å². The SMILES string of the molecule is CC(Sc1nnnn1Cc1ccco1)C(=O)Nc1ccc(C#N)c(Cl)c1. The number of benzene rings is 1. The van der Waals surface area contributed by atoms with Gasteiger partial charge in [-0.05, 0) is 47.7 Å². The van der Waals surface area contributed by atoms with Crippen molar-refractivity contribution < 1.29 is 9.21 Å². The van der Waals surface area contributed by atoms with E-state index in [-0.39, 0.29) is 10.9 Å².